The second-order valence-electron chi connectivity index (χ2n) is 7.46. The number of piperidine rings is 1. The van der Waals surface area contributed by atoms with Crippen LogP contribution in [0.15, 0.2) is 42.7 Å². The van der Waals surface area contributed by atoms with Gasteiger partial charge in [0.1, 0.15) is 5.82 Å². The van der Waals surface area contributed by atoms with Gasteiger partial charge in [-0.15, -0.1) is 0 Å². The number of rotatable bonds is 3. The van der Waals surface area contributed by atoms with E-state index < -0.39 is 5.82 Å². The molecule has 0 aliphatic carbocycles. The topological polar surface area (TPSA) is 69.6 Å². The fourth-order valence-electron chi connectivity index (χ4n) is 4.01. The number of hydrogen-bond acceptors (Lipinski definition) is 5. The molecule has 7 nitrogen and oxygen atoms in total. The SMILES string of the molecule is O=C(c1cccc(F)c1)N1CCN(C(=O)C2CCCN(c3ncccn3)C2)CC1. The number of aromatic nitrogens is 2. The van der Waals surface area contributed by atoms with Crippen molar-refractivity contribution in [2.75, 3.05) is 44.2 Å². The Bertz CT molecular complexity index is 870. The van der Waals surface area contributed by atoms with Gasteiger partial charge in [0.2, 0.25) is 11.9 Å². The lowest BCUT2D eigenvalue weighted by Crippen LogP contribution is -2.53. The molecule has 2 saturated heterocycles. The quantitative estimate of drug-likeness (QED) is 0.790. The van der Waals surface area contributed by atoms with E-state index in [4.69, 9.17) is 0 Å². The Morgan fingerprint density at radius 3 is 2.41 bits per heavy atom. The highest BCUT2D eigenvalue weighted by Crippen LogP contribution is 2.22. The van der Waals surface area contributed by atoms with E-state index in [0.29, 0.717) is 44.2 Å². The monoisotopic (exact) mass is 397 g/mol. The second-order valence-corrected chi connectivity index (χ2v) is 7.46. The van der Waals surface area contributed by atoms with Gasteiger partial charge in [0.15, 0.2) is 0 Å². The van der Waals surface area contributed by atoms with Crippen molar-refractivity contribution in [2.24, 2.45) is 5.92 Å². The molecule has 1 atom stereocenters. The van der Waals surface area contributed by atoms with Gasteiger partial charge in [0, 0.05) is 57.2 Å². The standard InChI is InChI=1S/C21H24FN5O2/c22-18-6-1-4-16(14-18)19(28)25-10-12-26(13-11-25)20(29)17-5-2-9-27(15-17)21-23-7-3-8-24-21/h1,3-4,6-8,14,17H,2,5,9-13,15H2. The molecule has 4 rings (SSSR count). The molecule has 0 spiro atoms. The van der Waals surface area contributed by atoms with Gasteiger partial charge in [-0.1, -0.05) is 6.07 Å². The van der Waals surface area contributed by atoms with E-state index >= 15 is 0 Å². The summed E-state index contributed by atoms with van der Waals surface area (Å²) >= 11 is 0. The van der Waals surface area contributed by atoms with Gasteiger partial charge in [-0.3, -0.25) is 9.59 Å². The smallest absolute Gasteiger partial charge is 0.254 e. The van der Waals surface area contributed by atoms with Gasteiger partial charge in [-0.05, 0) is 37.1 Å². The molecule has 0 saturated carbocycles. The molecule has 0 radical (unpaired) electrons. The van der Waals surface area contributed by atoms with Crippen LogP contribution in [0.5, 0.6) is 0 Å². The predicted molar refractivity (Wildman–Crippen MR) is 106 cm³/mol. The summed E-state index contributed by atoms with van der Waals surface area (Å²) in [6.45, 7) is 3.38. The Labute approximate surface area is 169 Å². The summed E-state index contributed by atoms with van der Waals surface area (Å²) in [5.74, 6) is 0.0904. The first-order chi connectivity index (χ1) is 14.1. The lowest BCUT2D eigenvalue weighted by molar-refractivity contribution is -0.137. The van der Waals surface area contributed by atoms with Crippen LogP contribution in [0.25, 0.3) is 0 Å². The molecule has 2 amide bonds. The minimum Gasteiger partial charge on any atom is -0.340 e. The third-order valence-electron chi connectivity index (χ3n) is 5.56. The lowest BCUT2D eigenvalue weighted by atomic mass is 9.96. The van der Waals surface area contributed by atoms with Crippen LogP contribution in [0.1, 0.15) is 23.2 Å². The van der Waals surface area contributed by atoms with Crippen LogP contribution in [0.4, 0.5) is 10.3 Å². The Balaban J connectivity index is 1.33. The van der Waals surface area contributed by atoms with Gasteiger partial charge < -0.3 is 14.7 Å². The zero-order valence-electron chi connectivity index (χ0n) is 16.2. The lowest BCUT2D eigenvalue weighted by Gasteiger charge is -2.39. The Kier molecular flexibility index (Phi) is 5.69. The average Bonchev–Trinajstić information content (AvgIpc) is 2.79. The molecular formula is C21H24FN5O2. The summed E-state index contributed by atoms with van der Waals surface area (Å²) in [4.78, 5) is 39.8. The van der Waals surface area contributed by atoms with Crippen LogP contribution < -0.4 is 4.90 Å². The molecule has 2 aliphatic rings. The maximum Gasteiger partial charge on any atom is 0.254 e. The van der Waals surface area contributed by atoms with Crippen molar-refractivity contribution in [3.63, 3.8) is 0 Å². The highest BCUT2D eigenvalue weighted by Gasteiger charge is 2.32. The second kappa shape index (κ2) is 8.55. The fraction of sp³-hybridized carbons (Fsp3) is 0.429. The largest absolute Gasteiger partial charge is 0.340 e. The number of amides is 2. The number of hydrogen-bond donors (Lipinski definition) is 0. The summed E-state index contributed by atoms with van der Waals surface area (Å²) in [6.07, 6.45) is 5.20. The molecule has 2 fully saturated rings. The zero-order valence-corrected chi connectivity index (χ0v) is 16.2. The number of benzene rings is 1. The van der Waals surface area contributed by atoms with Gasteiger partial charge in [-0.2, -0.15) is 0 Å². The van der Waals surface area contributed by atoms with E-state index in [-0.39, 0.29) is 17.7 Å². The summed E-state index contributed by atoms with van der Waals surface area (Å²) in [5.41, 5.74) is 0.343. The first kappa shape index (κ1) is 19.3. The van der Waals surface area contributed by atoms with E-state index in [2.05, 4.69) is 14.9 Å². The number of anilines is 1. The number of piperazine rings is 1. The van der Waals surface area contributed by atoms with E-state index in [1.807, 2.05) is 4.90 Å². The molecule has 1 unspecified atom stereocenters. The maximum atomic E-state index is 13.4. The van der Waals surface area contributed by atoms with E-state index in [0.717, 1.165) is 19.4 Å². The van der Waals surface area contributed by atoms with Gasteiger partial charge in [0.25, 0.3) is 5.91 Å². The van der Waals surface area contributed by atoms with Crippen LogP contribution in [-0.4, -0.2) is 70.9 Å². The first-order valence-electron chi connectivity index (χ1n) is 9.97. The highest BCUT2D eigenvalue weighted by atomic mass is 19.1. The van der Waals surface area contributed by atoms with Crippen molar-refractivity contribution < 1.29 is 14.0 Å². The fourth-order valence-corrected chi connectivity index (χ4v) is 4.01. The Morgan fingerprint density at radius 2 is 1.69 bits per heavy atom. The maximum absolute atomic E-state index is 13.4. The molecule has 29 heavy (non-hydrogen) atoms. The molecular weight excluding hydrogens is 373 g/mol. The van der Waals surface area contributed by atoms with Crippen LogP contribution in [0.3, 0.4) is 0 Å². The minimum absolute atomic E-state index is 0.0852. The molecule has 2 aromatic rings. The number of nitrogens with zero attached hydrogens (tertiary/aromatic N) is 5. The number of carbonyl (C=O) groups is 2. The third-order valence-corrected chi connectivity index (χ3v) is 5.56. The number of carbonyl (C=O) groups excluding carboxylic acids is 2. The molecule has 0 bridgehead atoms. The summed E-state index contributed by atoms with van der Waals surface area (Å²) in [7, 11) is 0. The molecule has 152 valence electrons. The minimum atomic E-state index is -0.422. The van der Waals surface area contributed by atoms with Gasteiger partial charge in [-0.25, -0.2) is 14.4 Å². The molecule has 1 aromatic heterocycles. The predicted octanol–water partition coefficient (Wildman–Crippen LogP) is 1.82. The Hall–Kier alpha value is -3.03. The van der Waals surface area contributed by atoms with E-state index in [1.54, 1.807) is 29.4 Å². The molecule has 8 heteroatoms. The van der Waals surface area contributed by atoms with Crippen molar-refractivity contribution in [2.45, 2.75) is 12.8 Å². The van der Waals surface area contributed by atoms with Crippen molar-refractivity contribution >= 4 is 17.8 Å². The van der Waals surface area contributed by atoms with E-state index in [9.17, 15) is 14.0 Å². The van der Waals surface area contributed by atoms with Gasteiger partial charge in [0.05, 0.1) is 5.92 Å². The average molecular weight is 397 g/mol. The Morgan fingerprint density at radius 1 is 0.966 bits per heavy atom. The molecule has 0 N–H and O–H groups in total. The van der Waals surface area contributed by atoms with Crippen molar-refractivity contribution in [1.82, 2.24) is 19.8 Å². The van der Waals surface area contributed by atoms with Crippen molar-refractivity contribution in [3.8, 4) is 0 Å². The molecule has 2 aliphatic heterocycles. The zero-order chi connectivity index (χ0) is 20.2. The van der Waals surface area contributed by atoms with E-state index in [1.165, 1.54) is 18.2 Å². The van der Waals surface area contributed by atoms with Crippen LogP contribution in [-0.2, 0) is 4.79 Å². The van der Waals surface area contributed by atoms with Crippen LogP contribution in [0, 0.1) is 11.7 Å². The first-order valence-corrected chi connectivity index (χ1v) is 9.97. The number of halogens is 1. The summed E-state index contributed by atoms with van der Waals surface area (Å²) in [5, 5.41) is 0. The van der Waals surface area contributed by atoms with Crippen LogP contribution in [0.2, 0.25) is 0 Å². The summed E-state index contributed by atoms with van der Waals surface area (Å²) in [6, 6.07) is 7.50. The van der Waals surface area contributed by atoms with Crippen LogP contribution >= 0.6 is 0 Å². The van der Waals surface area contributed by atoms with Crippen molar-refractivity contribution in [1.29, 1.82) is 0 Å². The van der Waals surface area contributed by atoms with Gasteiger partial charge >= 0.3 is 0 Å². The molecule has 1 aromatic carbocycles. The normalized spacial score (nSPS) is 19.9. The summed E-state index contributed by atoms with van der Waals surface area (Å²) < 4.78 is 13.4. The van der Waals surface area contributed by atoms with Crippen molar-refractivity contribution in [3.05, 3.63) is 54.1 Å². The highest BCUT2D eigenvalue weighted by molar-refractivity contribution is 5.94. The molecule has 3 heterocycles. The third kappa shape index (κ3) is 4.36.